The van der Waals surface area contributed by atoms with Crippen LogP contribution in [0.2, 0.25) is 0 Å². The van der Waals surface area contributed by atoms with Gasteiger partial charge in [0, 0.05) is 5.56 Å². The lowest BCUT2D eigenvalue weighted by Crippen LogP contribution is -2.28. The number of ether oxygens (including phenoxy) is 1. The van der Waals surface area contributed by atoms with Crippen LogP contribution < -0.4 is 4.74 Å². The third-order valence-corrected chi connectivity index (χ3v) is 8.64. The summed E-state index contributed by atoms with van der Waals surface area (Å²) in [6, 6.07) is 8.84. The summed E-state index contributed by atoms with van der Waals surface area (Å²) in [6.07, 6.45) is 15.3. The van der Waals surface area contributed by atoms with E-state index in [1.165, 1.54) is 70.6 Å². The van der Waals surface area contributed by atoms with Gasteiger partial charge in [-0.3, -0.25) is 0 Å². The quantitative estimate of drug-likeness (QED) is 0.242. The van der Waals surface area contributed by atoms with E-state index in [0.29, 0.717) is 29.0 Å². The number of halogens is 3. The number of fused-ring (bicyclic) bond motifs is 3. The highest BCUT2D eigenvalue weighted by atomic mass is 19.3. The van der Waals surface area contributed by atoms with Crippen molar-refractivity contribution in [2.24, 2.45) is 5.92 Å². The zero-order valence-corrected chi connectivity index (χ0v) is 22.9. The molecule has 1 nitrogen and oxygen atoms in total. The summed E-state index contributed by atoms with van der Waals surface area (Å²) < 4.78 is 50.4. The Balaban J connectivity index is 1.35. The van der Waals surface area contributed by atoms with Crippen LogP contribution >= 0.6 is 0 Å². The minimum atomic E-state index is -3.53. The summed E-state index contributed by atoms with van der Waals surface area (Å²) in [7, 11) is 0. The van der Waals surface area contributed by atoms with E-state index in [1.54, 1.807) is 24.3 Å². The minimum Gasteiger partial charge on any atom is -0.425 e. The van der Waals surface area contributed by atoms with Gasteiger partial charge < -0.3 is 4.74 Å². The zero-order chi connectivity index (χ0) is 26.3. The summed E-state index contributed by atoms with van der Waals surface area (Å²) in [6.45, 7) is 4.28. The molecule has 37 heavy (non-hydrogen) atoms. The van der Waals surface area contributed by atoms with E-state index in [1.807, 2.05) is 13.0 Å². The Morgan fingerprint density at radius 1 is 0.784 bits per heavy atom. The largest absolute Gasteiger partial charge is 0.427 e. The van der Waals surface area contributed by atoms with Gasteiger partial charge in [0.2, 0.25) is 0 Å². The maximum atomic E-state index is 15.1. The average molecular weight is 515 g/mol. The zero-order valence-electron chi connectivity index (χ0n) is 22.9. The predicted molar refractivity (Wildman–Crippen MR) is 147 cm³/mol. The Morgan fingerprint density at radius 3 is 2.14 bits per heavy atom. The van der Waals surface area contributed by atoms with Crippen molar-refractivity contribution in [3.05, 3.63) is 52.8 Å². The molecule has 1 aliphatic carbocycles. The van der Waals surface area contributed by atoms with Crippen molar-refractivity contribution in [1.82, 2.24) is 0 Å². The second-order valence-corrected chi connectivity index (χ2v) is 11.4. The molecule has 0 atom stereocenters. The maximum Gasteiger partial charge on any atom is 0.427 e. The molecule has 204 valence electrons. The first-order valence-electron chi connectivity index (χ1n) is 15.0. The van der Waals surface area contributed by atoms with Gasteiger partial charge in [0.15, 0.2) is 11.6 Å². The Kier molecular flexibility index (Phi) is 10.0. The fourth-order valence-corrected chi connectivity index (χ4v) is 6.29. The third kappa shape index (κ3) is 6.92. The molecule has 1 aliphatic heterocycles. The summed E-state index contributed by atoms with van der Waals surface area (Å²) in [5.41, 5.74) is 2.11. The van der Waals surface area contributed by atoms with Crippen LogP contribution in [-0.2, 0) is 12.5 Å². The highest BCUT2D eigenvalue weighted by Crippen LogP contribution is 2.50. The summed E-state index contributed by atoms with van der Waals surface area (Å²) in [4.78, 5) is 0. The summed E-state index contributed by atoms with van der Waals surface area (Å²) in [5.74, 6) is 0.136. The Labute approximate surface area is 222 Å². The van der Waals surface area contributed by atoms with Crippen LogP contribution in [0.1, 0.15) is 133 Å². The van der Waals surface area contributed by atoms with E-state index in [-0.39, 0.29) is 11.3 Å². The standard InChI is InChI=1S/C33H45F3O/c1-3-5-7-8-9-10-11-12-13-24-15-17-25(18-16-24)27-20-21-28-29-22-19-26(14-6-4-2)31(34)32(29)37-33(35,36)30(28)23-27/h19-25H,3-18H2,1-2H3. The average Bonchev–Trinajstić information content (AvgIpc) is 2.90. The first kappa shape index (κ1) is 28.0. The molecule has 1 fully saturated rings. The fourth-order valence-electron chi connectivity index (χ4n) is 6.29. The van der Waals surface area contributed by atoms with Crippen LogP contribution in [0.25, 0.3) is 11.1 Å². The number of hydrogen-bond donors (Lipinski definition) is 0. The molecule has 0 bridgehead atoms. The van der Waals surface area contributed by atoms with E-state index in [9.17, 15) is 0 Å². The molecule has 0 aromatic heterocycles. The van der Waals surface area contributed by atoms with Crippen molar-refractivity contribution in [3.63, 3.8) is 0 Å². The lowest BCUT2D eigenvalue weighted by Gasteiger charge is -2.32. The SMILES string of the molecule is CCCCCCCCCCC1CCC(c2ccc3c(c2)C(F)(F)Oc2c-3ccc(CCCC)c2F)CC1. The number of alkyl halides is 2. The Morgan fingerprint density at radius 2 is 1.43 bits per heavy atom. The molecule has 0 saturated heterocycles. The van der Waals surface area contributed by atoms with Gasteiger partial charge in [0.05, 0.1) is 5.56 Å². The molecule has 1 heterocycles. The lowest BCUT2D eigenvalue weighted by atomic mass is 9.76. The Bertz CT molecular complexity index is 1010. The van der Waals surface area contributed by atoms with Gasteiger partial charge in [0.25, 0.3) is 0 Å². The van der Waals surface area contributed by atoms with Crippen LogP contribution in [0, 0.1) is 11.7 Å². The minimum absolute atomic E-state index is 0.126. The van der Waals surface area contributed by atoms with Crippen LogP contribution in [0.15, 0.2) is 30.3 Å². The monoisotopic (exact) mass is 514 g/mol. The predicted octanol–water partition coefficient (Wildman–Crippen LogP) is 11.1. The van der Waals surface area contributed by atoms with Crippen molar-refractivity contribution in [2.75, 3.05) is 0 Å². The van der Waals surface area contributed by atoms with Crippen LogP contribution in [-0.4, -0.2) is 0 Å². The van der Waals surface area contributed by atoms with Crippen LogP contribution in [0.4, 0.5) is 13.2 Å². The van der Waals surface area contributed by atoms with Gasteiger partial charge >= 0.3 is 6.11 Å². The number of benzene rings is 2. The van der Waals surface area contributed by atoms with Crippen molar-refractivity contribution in [3.8, 4) is 16.9 Å². The number of hydrogen-bond acceptors (Lipinski definition) is 1. The van der Waals surface area contributed by atoms with Crippen molar-refractivity contribution in [2.45, 2.75) is 129 Å². The van der Waals surface area contributed by atoms with Crippen LogP contribution in [0.5, 0.6) is 5.75 Å². The smallest absolute Gasteiger partial charge is 0.425 e. The first-order chi connectivity index (χ1) is 17.9. The first-order valence-corrected chi connectivity index (χ1v) is 15.0. The molecule has 0 spiro atoms. The van der Waals surface area contributed by atoms with E-state index >= 15 is 13.2 Å². The van der Waals surface area contributed by atoms with Crippen molar-refractivity contribution >= 4 is 0 Å². The molecule has 4 heteroatoms. The van der Waals surface area contributed by atoms with E-state index in [2.05, 4.69) is 6.92 Å². The molecule has 0 N–H and O–H groups in total. The van der Waals surface area contributed by atoms with Gasteiger partial charge in [-0.1, -0.05) is 102 Å². The van der Waals surface area contributed by atoms with E-state index in [4.69, 9.17) is 4.74 Å². The number of unbranched alkanes of at least 4 members (excludes halogenated alkanes) is 8. The van der Waals surface area contributed by atoms with Crippen molar-refractivity contribution in [1.29, 1.82) is 0 Å². The molecule has 2 aliphatic rings. The van der Waals surface area contributed by atoms with Gasteiger partial charge in [0.1, 0.15) is 0 Å². The maximum absolute atomic E-state index is 15.1. The number of rotatable bonds is 13. The second-order valence-electron chi connectivity index (χ2n) is 11.4. The molecule has 0 amide bonds. The molecule has 0 unspecified atom stereocenters. The molecule has 1 saturated carbocycles. The van der Waals surface area contributed by atoms with Gasteiger partial charge in [-0.05, 0) is 73.1 Å². The highest BCUT2D eigenvalue weighted by molar-refractivity contribution is 5.77. The molecular weight excluding hydrogens is 469 g/mol. The highest BCUT2D eigenvalue weighted by Gasteiger charge is 2.44. The van der Waals surface area contributed by atoms with Crippen molar-refractivity contribution < 1.29 is 17.9 Å². The summed E-state index contributed by atoms with van der Waals surface area (Å²) >= 11 is 0. The summed E-state index contributed by atoms with van der Waals surface area (Å²) in [5, 5.41) is 0. The van der Waals surface area contributed by atoms with Gasteiger partial charge in [-0.15, -0.1) is 0 Å². The normalized spacial score (nSPS) is 20.2. The molecule has 2 aromatic rings. The van der Waals surface area contributed by atoms with Gasteiger partial charge in [-0.2, -0.15) is 8.78 Å². The fraction of sp³-hybridized carbons (Fsp3) is 0.636. The Hall–Kier alpha value is -1.97. The second kappa shape index (κ2) is 13.2. The molecule has 2 aromatic carbocycles. The topological polar surface area (TPSA) is 9.23 Å². The van der Waals surface area contributed by atoms with Gasteiger partial charge in [-0.25, -0.2) is 4.39 Å². The number of aryl methyl sites for hydroxylation is 1. The lowest BCUT2D eigenvalue weighted by molar-refractivity contribution is -0.188. The molecule has 4 rings (SSSR count). The molecule has 0 radical (unpaired) electrons. The molecular formula is C33H45F3O. The third-order valence-electron chi connectivity index (χ3n) is 8.64. The van der Waals surface area contributed by atoms with E-state index < -0.39 is 11.9 Å². The van der Waals surface area contributed by atoms with E-state index in [0.717, 1.165) is 37.2 Å². The van der Waals surface area contributed by atoms with Crippen LogP contribution in [0.3, 0.4) is 0 Å².